The van der Waals surface area contributed by atoms with Crippen molar-refractivity contribution in [3.8, 4) is 0 Å². The lowest BCUT2D eigenvalue weighted by molar-refractivity contribution is -0.304. The van der Waals surface area contributed by atoms with E-state index in [2.05, 4.69) is 137 Å². The van der Waals surface area contributed by atoms with Crippen molar-refractivity contribution in [2.24, 2.45) is 0 Å². The van der Waals surface area contributed by atoms with Gasteiger partial charge in [0.2, 0.25) is 0 Å². The molecule has 2 heterocycles. The van der Waals surface area contributed by atoms with Gasteiger partial charge < -0.3 is 0 Å². The van der Waals surface area contributed by atoms with Crippen LogP contribution in [0.3, 0.4) is 0 Å². The minimum atomic E-state index is 0.0900. The molecule has 4 heteroatoms. The zero-order chi connectivity index (χ0) is 32.4. The van der Waals surface area contributed by atoms with E-state index in [1.807, 2.05) is 6.92 Å². The Morgan fingerprint density at radius 2 is 1.24 bits per heavy atom. The van der Waals surface area contributed by atoms with E-state index in [0.29, 0.717) is 6.61 Å². The maximum Gasteiger partial charge on any atom is 0.102 e. The Morgan fingerprint density at radius 3 is 1.62 bits per heavy atom. The first kappa shape index (κ1) is 38.3. The summed E-state index contributed by atoms with van der Waals surface area (Å²) >= 11 is 0. The van der Waals surface area contributed by atoms with Crippen LogP contribution in [0.2, 0.25) is 0 Å². The molecule has 0 amide bonds. The summed E-state index contributed by atoms with van der Waals surface area (Å²) in [6, 6.07) is 8.65. The van der Waals surface area contributed by atoms with Crippen LogP contribution in [0.5, 0.6) is 0 Å². The maximum atomic E-state index is 6.38. The first-order chi connectivity index (χ1) is 19.3. The summed E-state index contributed by atoms with van der Waals surface area (Å²) in [6.07, 6.45) is 12.5. The molecule has 0 spiro atoms. The zero-order valence-corrected chi connectivity index (χ0v) is 29.8. The van der Waals surface area contributed by atoms with Crippen molar-refractivity contribution in [3.05, 3.63) is 71.8 Å². The van der Waals surface area contributed by atoms with Crippen LogP contribution in [0.4, 0.5) is 0 Å². The van der Waals surface area contributed by atoms with Crippen LogP contribution >= 0.6 is 0 Å². The fourth-order valence-electron chi connectivity index (χ4n) is 6.04. The number of rotatable bonds is 8. The largest absolute Gasteiger partial charge is 0.294 e. The van der Waals surface area contributed by atoms with Gasteiger partial charge >= 0.3 is 0 Å². The lowest BCUT2D eigenvalue weighted by Gasteiger charge is -2.52. The van der Waals surface area contributed by atoms with Crippen LogP contribution < -0.4 is 0 Å². The predicted octanol–water partition coefficient (Wildman–Crippen LogP) is 11.1. The van der Waals surface area contributed by atoms with Crippen molar-refractivity contribution in [2.75, 3.05) is 6.61 Å². The minimum Gasteiger partial charge on any atom is -0.294 e. The summed E-state index contributed by atoms with van der Waals surface area (Å²) in [6.45, 7) is 36.5. The molecule has 1 aromatic rings. The Balaban J connectivity index is 0.000000366. The molecular formula is C38H66N2O2. The highest BCUT2D eigenvalue weighted by molar-refractivity contribution is 5.22. The molecule has 1 aromatic carbocycles. The monoisotopic (exact) mass is 583 g/mol. The molecule has 0 saturated carbocycles. The third kappa shape index (κ3) is 12.1. The molecule has 1 atom stereocenters. The van der Waals surface area contributed by atoms with Gasteiger partial charge in [-0.2, -0.15) is 10.1 Å². The van der Waals surface area contributed by atoms with Gasteiger partial charge in [-0.05, 0) is 134 Å². The van der Waals surface area contributed by atoms with Gasteiger partial charge in [-0.25, -0.2) is 0 Å². The first-order valence-electron chi connectivity index (χ1n) is 16.2. The Labute approximate surface area is 261 Å². The van der Waals surface area contributed by atoms with Crippen molar-refractivity contribution in [1.82, 2.24) is 10.1 Å². The summed E-state index contributed by atoms with van der Waals surface area (Å²) in [4.78, 5) is 12.4. The van der Waals surface area contributed by atoms with Gasteiger partial charge in [0, 0.05) is 22.2 Å². The highest BCUT2D eigenvalue weighted by Gasteiger charge is 2.44. The minimum absolute atomic E-state index is 0.0900. The normalized spacial score (nSPS) is 22.1. The zero-order valence-electron chi connectivity index (χ0n) is 29.8. The van der Waals surface area contributed by atoms with Crippen LogP contribution in [0.15, 0.2) is 60.7 Å². The first-order valence-corrected chi connectivity index (χ1v) is 16.2. The summed E-state index contributed by atoms with van der Waals surface area (Å²) in [5.41, 5.74) is 5.45. The summed E-state index contributed by atoms with van der Waals surface area (Å²) in [5.74, 6) is 0. The van der Waals surface area contributed by atoms with Crippen molar-refractivity contribution in [3.63, 3.8) is 0 Å². The molecule has 240 valence electrons. The smallest absolute Gasteiger partial charge is 0.102 e. The molecule has 2 fully saturated rings. The molecule has 0 aliphatic carbocycles. The van der Waals surface area contributed by atoms with Gasteiger partial charge in [0.25, 0.3) is 0 Å². The van der Waals surface area contributed by atoms with E-state index in [1.165, 1.54) is 55.2 Å². The summed E-state index contributed by atoms with van der Waals surface area (Å²) in [5, 5.41) is 4.47. The van der Waals surface area contributed by atoms with Crippen molar-refractivity contribution in [2.45, 2.75) is 163 Å². The van der Waals surface area contributed by atoms with Gasteiger partial charge in [0.05, 0.1) is 6.61 Å². The molecular weight excluding hydrogens is 516 g/mol. The Hall–Kier alpha value is -1.72. The fraction of sp³-hybridized carbons (Fsp3) is 0.684. The van der Waals surface area contributed by atoms with E-state index in [9.17, 15) is 0 Å². The third-order valence-corrected chi connectivity index (χ3v) is 8.71. The van der Waals surface area contributed by atoms with Crippen molar-refractivity contribution < 1.29 is 9.68 Å². The number of hydrogen-bond acceptors (Lipinski definition) is 4. The van der Waals surface area contributed by atoms with Gasteiger partial charge in [-0.1, -0.05) is 73.2 Å². The Bertz CT molecular complexity index is 968. The second kappa shape index (κ2) is 16.4. The number of aryl methyl sites for hydroxylation is 1. The lowest BCUT2D eigenvalue weighted by atomic mass is 9.82. The van der Waals surface area contributed by atoms with Crippen LogP contribution in [-0.2, 0) is 9.68 Å². The molecule has 3 rings (SSSR count). The Morgan fingerprint density at radius 1 is 0.833 bits per heavy atom. The molecule has 2 saturated heterocycles. The van der Waals surface area contributed by atoms with E-state index in [-0.39, 0.29) is 28.3 Å². The molecule has 1 unspecified atom stereocenters. The summed E-state index contributed by atoms with van der Waals surface area (Å²) in [7, 11) is 0. The van der Waals surface area contributed by atoms with Gasteiger partial charge in [0.15, 0.2) is 0 Å². The van der Waals surface area contributed by atoms with E-state index >= 15 is 0 Å². The van der Waals surface area contributed by atoms with Gasteiger partial charge in [0.1, 0.15) is 6.10 Å². The van der Waals surface area contributed by atoms with Crippen molar-refractivity contribution >= 4 is 0 Å². The third-order valence-electron chi connectivity index (χ3n) is 8.71. The predicted molar refractivity (Wildman–Crippen MR) is 183 cm³/mol. The maximum absolute atomic E-state index is 6.38. The van der Waals surface area contributed by atoms with Crippen LogP contribution in [0.25, 0.3) is 0 Å². The molecule has 0 N–H and O–H groups in total. The summed E-state index contributed by atoms with van der Waals surface area (Å²) < 4.78 is 0. The fourth-order valence-corrected chi connectivity index (χ4v) is 6.04. The molecule has 0 bridgehead atoms. The molecule has 0 aromatic heterocycles. The number of hydroxylamine groups is 4. The van der Waals surface area contributed by atoms with Gasteiger partial charge in [-0.15, -0.1) is 0 Å². The Kier molecular flexibility index (Phi) is 14.9. The number of piperidine rings is 2. The molecule has 42 heavy (non-hydrogen) atoms. The van der Waals surface area contributed by atoms with Crippen LogP contribution in [0.1, 0.15) is 145 Å². The van der Waals surface area contributed by atoms with Gasteiger partial charge in [-0.3, -0.25) is 9.68 Å². The van der Waals surface area contributed by atoms with Crippen LogP contribution in [-0.4, -0.2) is 38.9 Å². The van der Waals surface area contributed by atoms with E-state index in [1.54, 1.807) is 6.08 Å². The second-order valence-corrected chi connectivity index (χ2v) is 15.0. The second-order valence-electron chi connectivity index (χ2n) is 15.0. The number of benzene rings is 1. The topological polar surface area (TPSA) is 24.9 Å². The SMILES string of the molecule is C=CC(=C)C.CC/C(C)=C\CON1C(C)(C)CCCC1(C)C.Cc1ccc(C(C)ON2C(C)(C)CCCC2(C)C)cc1. The van der Waals surface area contributed by atoms with Crippen molar-refractivity contribution in [1.29, 1.82) is 0 Å². The number of nitrogens with zero attached hydrogens (tertiary/aromatic N) is 2. The lowest BCUT2D eigenvalue weighted by Crippen LogP contribution is -2.58. The standard InChI is InChI=1S/C18H29NO.C15H29NO.C5H8/c1-14-8-10-16(11-9-14)15(2)20-19-17(3,4)12-7-13-18(19,5)6;1-7-13(2)9-12-17-16-14(3,4)10-8-11-15(16,5)6;1-4-5(2)3/h8-11,15H,7,12-13H2,1-6H3;9H,7-8,10-12H2,1-6H3;4H,1-2H2,3H3/b;13-9-;. The molecule has 4 nitrogen and oxygen atoms in total. The quantitative estimate of drug-likeness (QED) is 0.225. The number of hydrogen-bond donors (Lipinski definition) is 0. The van der Waals surface area contributed by atoms with E-state index in [4.69, 9.17) is 9.68 Å². The van der Waals surface area contributed by atoms with E-state index < -0.39 is 0 Å². The molecule has 2 aliphatic rings. The van der Waals surface area contributed by atoms with Crippen LogP contribution in [0, 0.1) is 6.92 Å². The highest BCUT2D eigenvalue weighted by Crippen LogP contribution is 2.40. The highest BCUT2D eigenvalue weighted by atomic mass is 16.7. The average molecular weight is 583 g/mol. The number of allylic oxidation sites excluding steroid dienone is 3. The molecule has 2 aliphatic heterocycles. The molecule has 0 radical (unpaired) electrons. The van der Waals surface area contributed by atoms with E-state index in [0.717, 1.165) is 12.0 Å². The average Bonchev–Trinajstić information content (AvgIpc) is 2.88.